The molecule has 162 valence electrons. The predicted octanol–water partition coefficient (Wildman–Crippen LogP) is 1.21. The molecule has 0 spiro atoms. The second-order valence-electron chi connectivity index (χ2n) is 7.78. The van der Waals surface area contributed by atoms with E-state index in [9.17, 15) is 9.59 Å². The lowest BCUT2D eigenvalue weighted by Crippen LogP contribution is -2.48. The highest BCUT2D eigenvalue weighted by atomic mass is 127. The quantitative estimate of drug-likeness (QED) is 0.259. The Morgan fingerprint density at radius 3 is 2.48 bits per heavy atom. The lowest BCUT2D eigenvalue weighted by Gasteiger charge is -2.28. The van der Waals surface area contributed by atoms with Gasteiger partial charge in [-0.05, 0) is 45.4 Å². The average Bonchev–Trinajstić information content (AvgIpc) is 2.63. The van der Waals surface area contributed by atoms with E-state index in [1.54, 1.807) is 0 Å². The number of nitrogens with one attached hydrogen (secondary N) is 4. The third kappa shape index (κ3) is 9.33. The summed E-state index contributed by atoms with van der Waals surface area (Å²) < 4.78 is 0. The zero-order chi connectivity index (χ0) is 20.6. The maximum absolute atomic E-state index is 12.0. The van der Waals surface area contributed by atoms with Crippen LogP contribution >= 0.6 is 24.0 Å². The fourth-order valence-corrected chi connectivity index (χ4v) is 2.81. The molecule has 4 N–H and O–H groups in total. The van der Waals surface area contributed by atoms with Crippen molar-refractivity contribution in [2.24, 2.45) is 4.99 Å². The molecule has 1 fully saturated rings. The minimum Gasteiger partial charge on any atom is -0.360 e. The summed E-state index contributed by atoms with van der Waals surface area (Å²) in [6.07, 6.45) is 0. The normalized spacial score (nSPS) is 14.6. The molecule has 0 radical (unpaired) electrons. The Morgan fingerprint density at radius 2 is 1.90 bits per heavy atom. The number of piperazine rings is 1. The molecule has 2 amide bonds. The molecule has 8 nitrogen and oxygen atoms in total. The van der Waals surface area contributed by atoms with E-state index in [1.807, 2.05) is 52.0 Å². The van der Waals surface area contributed by atoms with E-state index in [2.05, 4.69) is 31.2 Å². The standard InChI is InChI=1S/C20H32N6O2.HI/c1-5-21-19(24-13-17(27)25-20(2,3)4)23-12-15-6-8-16(9-7-15)26-11-10-22-18(28)14-26;/h6-9H,5,10-14H2,1-4H3,(H,22,28)(H,25,27)(H2,21,23,24);1H. The Kier molecular flexibility index (Phi) is 10.2. The van der Waals surface area contributed by atoms with Gasteiger partial charge in [-0.1, -0.05) is 12.1 Å². The van der Waals surface area contributed by atoms with Gasteiger partial charge in [0.15, 0.2) is 5.96 Å². The molecule has 1 aliphatic rings. The number of hydrogen-bond donors (Lipinski definition) is 4. The highest BCUT2D eigenvalue weighted by molar-refractivity contribution is 14.0. The zero-order valence-corrected chi connectivity index (χ0v) is 20.0. The number of benzene rings is 1. The molecule has 9 heteroatoms. The predicted molar refractivity (Wildman–Crippen MR) is 128 cm³/mol. The van der Waals surface area contributed by atoms with Crippen LogP contribution in [-0.4, -0.2) is 56.0 Å². The molecule has 2 rings (SSSR count). The van der Waals surface area contributed by atoms with Gasteiger partial charge in [-0.2, -0.15) is 0 Å². The largest absolute Gasteiger partial charge is 0.360 e. The summed E-state index contributed by atoms with van der Waals surface area (Å²) in [5.74, 6) is 0.577. The van der Waals surface area contributed by atoms with Crippen LogP contribution in [0.4, 0.5) is 5.69 Å². The second-order valence-corrected chi connectivity index (χ2v) is 7.78. The first kappa shape index (κ1) is 25.0. The fourth-order valence-electron chi connectivity index (χ4n) is 2.81. The summed E-state index contributed by atoms with van der Waals surface area (Å²) >= 11 is 0. The Balaban J connectivity index is 0.00000420. The summed E-state index contributed by atoms with van der Waals surface area (Å²) in [6, 6.07) is 8.06. The van der Waals surface area contributed by atoms with Gasteiger partial charge in [-0.3, -0.25) is 9.59 Å². The summed E-state index contributed by atoms with van der Waals surface area (Å²) in [5.41, 5.74) is 1.83. The molecule has 1 aromatic rings. The smallest absolute Gasteiger partial charge is 0.239 e. The van der Waals surface area contributed by atoms with Crippen LogP contribution in [-0.2, 0) is 16.1 Å². The molecule has 1 aromatic carbocycles. The van der Waals surface area contributed by atoms with Gasteiger partial charge < -0.3 is 26.2 Å². The van der Waals surface area contributed by atoms with Crippen molar-refractivity contribution in [3.8, 4) is 0 Å². The SMILES string of the molecule is CCNC(=NCc1ccc(N2CCNC(=O)C2)cc1)NCC(=O)NC(C)(C)C.I. The number of halogens is 1. The lowest BCUT2D eigenvalue weighted by molar-refractivity contribution is -0.121. The van der Waals surface area contributed by atoms with E-state index in [0.29, 0.717) is 32.1 Å². The maximum atomic E-state index is 12.0. The molecule has 0 saturated carbocycles. The number of anilines is 1. The van der Waals surface area contributed by atoms with Gasteiger partial charge in [0.25, 0.3) is 0 Å². The third-order valence-electron chi connectivity index (χ3n) is 4.03. The van der Waals surface area contributed by atoms with Crippen molar-refractivity contribution in [2.75, 3.05) is 37.6 Å². The van der Waals surface area contributed by atoms with Crippen LogP contribution in [0, 0.1) is 0 Å². The van der Waals surface area contributed by atoms with E-state index in [0.717, 1.165) is 17.8 Å². The number of guanidine groups is 1. The first-order valence-corrected chi connectivity index (χ1v) is 9.70. The van der Waals surface area contributed by atoms with Crippen LogP contribution in [0.3, 0.4) is 0 Å². The molecule has 0 atom stereocenters. The van der Waals surface area contributed by atoms with Gasteiger partial charge >= 0.3 is 0 Å². The Labute approximate surface area is 190 Å². The van der Waals surface area contributed by atoms with E-state index in [1.165, 1.54) is 0 Å². The topological polar surface area (TPSA) is 97.9 Å². The number of carbonyl (C=O) groups is 2. The number of nitrogens with zero attached hydrogens (tertiary/aromatic N) is 2. The molecule has 0 bridgehead atoms. The Bertz CT molecular complexity index is 700. The van der Waals surface area contributed by atoms with Gasteiger partial charge in [-0.25, -0.2) is 4.99 Å². The van der Waals surface area contributed by atoms with Crippen LogP contribution in [0.15, 0.2) is 29.3 Å². The van der Waals surface area contributed by atoms with Crippen LogP contribution in [0.2, 0.25) is 0 Å². The van der Waals surface area contributed by atoms with Crippen LogP contribution in [0.1, 0.15) is 33.3 Å². The minimum atomic E-state index is -0.259. The molecular weight excluding hydrogens is 483 g/mol. The maximum Gasteiger partial charge on any atom is 0.239 e. The van der Waals surface area contributed by atoms with E-state index < -0.39 is 0 Å². The third-order valence-corrected chi connectivity index (χ3v) is 4.03. The van der Waals surface area contributed by atoms with Crippen molar-refractivity contribution < 1.29 is 9.59 Å². The second kappa shape index (κ2) is 11.8. The molecule has 0 aliphatic carbocycles. The van der Waals surface area contributed by atoms with E-state index in [-0.39, 0.29) is 47.9 Å². The van der Waals surface area contributed by atoms with Crippen molar-refractivity contribution in [2.45, 2.75) is 39.8 Å². The number of carbonyl (C=O) groups excluding carboxylic acids is 2. The van der Waals surface area contributed by atoms with Gasteiger partial charge in [-0.15, -0.1) is 24.0 Å². The molecular formula is C20H33IN6O2. The first-order valence-electron chi connectivity index (χ1n) is 9.70. The minimum absolute atomic E-state index is 0. The average molecular weight is 516 g/mol. The summed E-state index contributed by atoms with van der Waals surface area (Å²) in [4.78, 5) is 30.1. The van der Waals surface area contributed by atoms with Crippen LogP contribution in [0.25, 0.3) is 0 Å². The first-order chi connectivity index (χ1) is 13.3. The van der Waals surface area contributed by atoms with Crippen LogP contribution in [0.5, 0.6) is 0 Å². The zero-order valence-electron chi connectivity index (χ0n) is 17.7. The Hall–Kier alpha value is -2.04. The van der Waals surface area contributed by atoms with Crippen LogP contribution < -0.4 is 26.2 Å². The van der Waals surface area contributed by atoms with Crippen molar-refractivity contribution in [3.05, 3.63) is 29.8 Å². The number of amides is 2. The fraction of sp³-hybridized carbons (Fsp3) is 0.550. The molecule has 1 aliphatic heterocycles. The van der Waals surface area contributed by atoms with Crippen molar-refractivity contribution >= 4 is 47.4 Å². The van der Waals surface area contributed by atoms with Gasteiger partial charge in [0.05, 0.1) is 19.6 Å². The lowest BCUT2D eigenvalue weighted by atomic mass is 10.1. The molecule has 0 aromatic heterocycles. The van der Waals surface area contributed by atoms with Crippen molar-refractivity contribution in [1.82, 2.24) is 21.3 Å². The number of hydrogen-bond acceptors (Lipinski definition) is 4. The summed E-state index contributed by atoms with van der Waals surface area (Å²) in [7, 11) is 0. The number of rotatable bonds is 6. The van der Waals surface area contributed by atoms with Gasteiger partial charge in [0, 0.05) is 30.9 Å². The van der Waals surface area contributed by atoms with E-state index in [4.69, 9.17) is 0 Å². The van der Waals surface area contributed by atoms with Gasteiger partial charge in [0.1, 0.15) is 0 Å². The molecule has 1 heterocycles. The molecule has 0 unspecified atom stereocenters. The van der Waals surface area contributed by atoms with Gasteiger partial charge in [0.2, 0.25) is 11.8 Å². The van der Waals surface area contributed by atoms with E-state index >= 15 is 0 Å². The highest BCUT2D eigenvalue weighted by Crippen LogP contribution is 2.16. The summed E-state index contributed by atoms with van der Waals surface area (Å²) in [6.45, 7) is 11.1. The molecule has 1 saturated heterocycles. The highest BCUT2D eigenvalue weighted by Gasteiger charge is 2.16. The number of aliphatic imine (C=N–C) groups is 1. The van der Waals surface area contributed by atoms with Crippen molar-refractivity contribution in [3.63, 3.8) is 0 Å². The molecule has 29 heavy (non-hydrogen) atoms. The monoisotopic (exact) mass is 516 g/mol. The van der Waals surface area contributed by atoms with Crippen molar-refractivity contribution in [1.29, 1.82) is 0 Å². The Morgan fingerprint density at radius 1 is 1.21 bits per heavy atom. The summed E-state index contributed by atoms with van der Waals surface area (Å²) in [5, 5.41) is 11.9.